The lowest BCUT2D eigenvalue weighted by Crippen LogP contribution is -2.37. The van der Waals surface area contributed by atoms with E-state index in [1.165, 1.54) is 47.4 Å². The first-order chi connectivity index (χ1) is 16.6. The third-order valence-corrected chi connectivity index (χ3v) is 7.57. The van der Waals surface area contributed by atoms with Gasteiger partial charge in [0.05, 0.1) is 10.5 Å². The van der Waals surface area contributed by atoms with E-state index in [9.17, 15) is 22.8 Å². The van der Waals surface area contributed by atoms with Gasteiger partial charge in [-0.2, -0.15) is 4.57 Å². The minimum atomic E-state index is -3.52. The molecular formula is C24H28N5O5S+. The van der Waals surface area contributed by atoms with E-state index in [4.69, 9.17) is 5.73 Å². The van der Waals surface area contributed by atoms with Crippen LogP contribution < -0.4 is 21.6 Å². The Morgan fingerprint density at radius 1 is 1.20 bits per heavy atom. The molecule has 0 spiro atoms. The van der Waals surface area contributed by atoms with E-state index in [0.29, 0.717) is 11.9 Å². The zero-order valence-electron chi connectivity index (χ0n) is 19.4. The number of aromatic nitrogens is 3. The van der Waals surface area contributed by atoms with Crippen molar-refractivity contribution in [3.05, 3.63) is 58.8 Å². The molecule has 0 radical (unpaired) electrons. The third-order valence-electron chi connectivity index (χ3n) is 6.46. The smallest absolute Gasteiger partial charge is 0.345 e. The normalized spacial score (nSPS) is 15.6. The fourth-order valence-corrected chi connectivity index (χ4v) is 5.18. The monoisotopic (exact) mass is 498 g/mol. The van der Waals surface area contributed by atoms with E-state index < -0.39 is 33.3 Å². The summed E-state index contributed by atoms with van der Waals surface area (Å²) in [6.45, 7) is 0. The largest absolute Gasteiger partial charge is 0.366 e. The van der Waals surface area contributed by atoms with Crippen LogP contribution in [0, 0.1) is 5.92 Å². The van der Waals surface area contributed by atoms with E-state index in [1.54, 1.807) is 0 Å². The topological polar surface area (TPSA) is 155 Å². The molecule has 11 heteroatoms. The fraction of sp³-hybridized carbons (Fsp3) is 0.375. The van der Waals surface area contributed by atoms with Gasteiger partial charge >= 0.3 is 5.56 Å². The van der Waals surface area contributed by atoms with E-state index in [-0.39, 0.29) is 27.6 Å². The highest BCUT2D eigenvalue weighted by Gasteiger charge is 2.32. The number of anilines is 1. The Kier molecular flexibility index (Phi) is 6.97. The molecule has 1 aromatic carbocycles. The number of benzene rings is 1. The van der Waals surface area contributed by atoms with Crippen molar-refractivity contribution in [1.29, 1.82) is 0 Å². The van der Waals surface area contributed by atoms with Crippen molar-refractivity contribution in [1.82, 2.24) is 9.55 Å². The molecule has 0 saturated heterocycles. The molecule has 2 aromatic heterocycles. The summed E-state index contributed by atoms with van der Waals surface area (Å²) >= 11 is 0. The molecule has 1 aliphatic carbocycles. The Bertz CT molecular complexity index is 1430. The SMILES string of the molecule is CS(=O)(=O)c1ccc2[nH+]cn(C(CC3CCCCC3)C(=O)Nc3ccc(C(N)=O)cn3)c(=O)c2c1. The minimum absolute atomic E-state index is 0.0280. The first-order valence-electron chi connectivity index (χ1n) is 11.5. The van der Waals surface area contributed by atoms with Gasteiger partial charge in [0, 0.05) is 18.9 Å². The van der Waals surface area contributed by atoms with E-state index in [0.717, 1.165) is 38.4 Å². The predicted molar refractivity (Wildman–Crippen MR) is 129 cm³/mol. The molecule has 35 heavy (non-hydrogen) atoms. The molecule has 1 unspecified atom stereocenters. The summed E-state index contributed by atoms with van der Waals surface area (Å²) in [6, 6.07) is 6.40. The van der Waals surface area contributed by atoms with Gasteiger partial charge in [0.1, 0.15) is 16.7 Å². The molecule has 0 bridgehead atoms. The molecular weight excluding hydrogens is 470 g/mol. The lowest BCUT2D eigenvalue weighted by molar-refractivity contribution is -0.353. The Labute approximate surface area is 202 Å². The van der Waals surface area contributed by atoms with Crippen LogP contribution >= 0.6 is 0 Å². The average Bonchev–Trinajstić information content (AvgIpc) is 2.83. The number of nitrogens with two attached hydrogens (primary N) is 1. The van der Waals surface area contributed by atoms with Gasteiger partial charge in [-0.15, -0.1) is 0 Å². The van der Waals surface area contributed by atoms with Crippen molar-refractivity contribution in [2.75, 3.05) is 11.6 Å². The van der Waals surface area contributed by atoms with Gasteiger partial charge < -0.3 is 11.1 Å². The van der Waals surface area contributed by atoms with Gasteiger partial charge in [-0.1, -0.05) is 32.1 Å². The second-order valence-corrected chi connectivity index (χ2v) is 11.0. The quantitative estimate of drug-likeness (QED) is 0.506. The molecule has 4 N–H and O–H groups in total. The van der Waals surface area contributed by atoms with Crippen molar-refractivity contribution in [2.24, 2.45) is 11.7 Å². The van der Waals surface area contributed by atoms with E-state index in [1.807, 2.05) is 0 Å². The number of nitrogens with zero attached hydrogens (tertiary/aromatic N) is 2. The molecule has 3 aromatic rings. The number of aromatic amines is 1. The Morgan fingerprint density at radius 2 is 1.94 bits per heavy atom. The van der Waals surface area contributed by atoms with Gasteiger partial charge in [0.2, 0.25) is 12.2 Å². The van der Waals surface area contributed by atoms with Crippen molar-refractivity contribution in [3.63, 3.8) is 0 Å². The summed E-state index contributed by atoms with van der Waals surface area (Å²) < 4.78 is 25.4. The summed E-state index contributed by atoms with van der Waals surface area (Å²) in [6.07, 6.45) is 9.52. The number of sulfone groups is 1. The zero-order chi connectivity index (χ0) is 25.2. The number of hydrogen-bond acceptors (Lipinski definition) is 6. The van der Waals surface area contributed by atoms with Crippen molar-refractivity contribution in [3.8, 4) is 0 Å². The second kappa shape index (κ2) is 9.95. The zero-order valence-corrected chi connectivity index (χ0v) is 20.2. The van der Waals surface area contributed by atoms with Crippen LogP contribution in [0.2, 0.25) is 0 Å². The van der Waals surface area contributed by atoms with E-state index in [2.05, 4.69) is 15.3 Å². The highest BCUT2D eigenvalue weighted by atomic mass is 32.2. The molecule has 1 atom stereocenters. The molecule has 1 aliphatic rings. The third kappa shape index (κ3) is 5.56. The lowest BCUT2D eigenvalue weighted by atomic mass is 9.84. The summed E-state index contributed by atoms with van der Waals surface area (Å²) in [5, 5.41) is 2.92. The standard InChI is InChI=1S/C24H27N5O5S/c1-35(33,34)17-8-9-19-18(12-17)24(32)29(14-27-19)20(11-15-5-3-2-4-6-15)23(31)28-21-10-7-16(13-26-21)22(25)30/h7-10,12-15,20H,2-6,11H2,1H3,(H2,25,30)(H,26,28,31)/p+1. The predicted octanol–water partition coefficient (Wildman–Crippen LogP) is 1.86. The Balaban J connectivity index is 1.72. The van der Waals surface area contributed by atoms with Gasteiger partial charge in [0.25, 0.3) is 5.91 Å². The number of primary amides is 1. The molecule has 0 aliphatic heterocycles. The van der Waals surface area contributed by atoms with E-state index >= 15 is 0 Å². The lowest BCUT2D eigenvalue weighted by Gasteiger charge is -2.24. The molecule has 184 valence electrons. The number of H-pyrrole nitrogens is 1. The number of carbonyl (C=O) groups excluding carboxylic acids is 2. The number of hydrogen-bond donors (Lipinski definition) is 2. The average molecular weight is 499 g/mol. The summed E-state index contributed by atoms with van der Waals surface area (Å²) in [7, 11) is -3.52. The number of pyridine rings is 1. The molecule has 10 nitrogen and oxygen atoms in total. The molecule has 1 saturated carbocycles. The molecule has 2 amide bonds. The second-order valence-electron chi connectivity index (χ2n) is 9.01. The van der Waals surface area contributed by atoms with Gasteiger partial charge in [-0.05, 0) is 36.2 Å². The Morgan fingerprint density at radius 3 is 2.57 bits per heavy atom. The maximum Gasteiger partial charge on any atom is 0.345 e. The maximum atomic E-state index is 13.5. The van der Waals surface area contributed by atoms with Crippen molar-refractivity contribution in [2.45, 2.75) is 49.5 Å². The van der Waals surface area contributed by atoms with Crippen LogP contribution in [0.25, 0.3) is 10.9 Å². The fourth-order valence-electron chi connectivity index (χ4n) is 4.53. The number of amides is 2. The highest BCUT2D eigenvalue weighted by molar-refractivity contribution is 7.90. The van der Waals surface area contributed by atoms with Crippen LogP contribution in [0.5, 0.6) is 0 Å². The number of nitrogens with one attached hydrogen (secondary N) is 2. The Hall–Kier alpha value is -3.60. The summed E-state index contributed by atoms with van der Waals surface area (Å²) in [4.78, 5) is 45.3. The van der Waals surface area contributed by atoms with Gasteiger partial charge in [-0.3, -0.25) is 9.59 Å². The first kappa shape index (κ1) is 24.5. The number of rotatable bonds is 7. The number of fused-ring (bicyclic) bond motifs is 1. The van der Waals surface area contributed by atoms with Gasteiger partial charge in [0.15, 0.2) is 15.9 Å². The van der Waals surface area contributed by atoms with Crippen LogP contribution in [0.4, 0.5) is 5.82 Å². The van der Waals surface area contributed by atoms with Crippen LogP contribution in [-0.4, -0.2) is 36.0 Å². The first-order valence-corrected chi connectivity index (χ1v) is 13.4. The van der Waals surface area contributed by atoms with Crippen molar-refractivity contribution < 1.29 is 23.0 Å². The van der Waals surface area contributed by atoms with Crippen molar-refractivity contribution >= 4 is 38.4 Å². The van der Waals surface area contributed by atoms with Crippen LogP contribution in [-0.2, 0) is 14.6 Å². The number of carbonyl (C=O) groups is 2. The molecule has 4 rings (SSSR count). The highest BCUT2D eigenvalue weighted by Crippen LogP contribution is 2.31. The van der Waals surface area contributed by atoms with Crippen LogP contribution in [0.1, 0.15) is 54.9 Å². The summed E-state index contributed by atoms with van der Waals surface area (Å²) in [5.41, 5.74) is 5.47. The van der Waals surface area contributed by atoms with Crippen LogP contribution in [0.3, 0.4) is 0 Å². The molecule has 2 heterocycles. The summed E-state index contributed by atoms with van der Waals surface area (Å²) in [5.74, 6) is -0.554. The van der Waals surface area contributed by atoms with Crippen LogP contribution in [0.15, 0.2) is 52.5 Å². The maximum absolute atomic E-state index is 13.5. The van der Waals surface area contributed by atoms with Gasteiger partial charge in [-0.25, -0.2) is 23.2 Å². The minimum Gasteiger partial charge on any atom is -0.366 e. The molecule has 1 fully saturated rings.